The van der Waals surface area contributed by atoms with Gasteiger partial charge in [0, 0.05) is 13.2 Å². The number of hydrogen-bond donors (Lipinski definition) is 2. The average molecular weight is 251 g/mol. The van der Waals surface area contributed by atoms with Crippen molar-refractivity contribution in [3.63, 3.8) is 0 Å². The van der Waals surface area contributed by atoms with E-state index < -0.39 is 23.2 Å². The molecule has 18 heavy (non-hydrogen) atoms. The van der Waals surface area contributed by atoms with Crippen LogP contribution in [0.3, 0.4) is 0 Å². The largest absolute Gasteiger partial charge is 0.397 e. The normalized spacial score (nSPS) is 10.4. The highest BCUT2D eigenvalue weighted by atomic mass is 19.1. The lowest BCUT2D eigenvalue weighted by molar-refractivity contribution is 0.101. The monoisotopic (exact) mass is 251 g/mol. The van der Waals surface area contributed by atoms with Gasteiger partial charge < -0.3 is 15.6 Å². The van der Waals surface area contributed by atoms with Gasteiger partial charge in [0.05, 0.1) is 5.69 Å². The molecular weight excluding hydrogens is 240 g/mol. The Morgan fingerprint density at radius 2 is 1.94 bits per heavy atom. The minimum atomic E-state index is -0.828. The lowest BCUT2D eigenvalue weighted by Crippen LogP contribution is -2.17. The van der Waals surface area contributed by atoms with Crippen LogP contribution in [-0.2, 0) is 7.05 Å². The van der Waals surface area contributed by atoms with Gasteiger partial charge in [-0.15, -0.1) is 0 Å². The van der Waals surface area contributed by atoms with Crippen molar-refractivity contribution >= 4 is 17.3 Å². The first-order chi connectivity index (χ1) is 8.49. The predicted octanol–water partition coefficient (Wildman–Crippen LogP) is 2.14. The van der Waals surface area contributed by atoms with E-state index in [1.54, 1.807) is 7.05 Å². The van der Waals surface area contributed by atoms with E-state index in [1.807, 2.05) is 0 Å². The number of amides is 1. The highest BCUT2D eigenvalue weighted by Crippen LogP contribution is 2.19. The Balaban J connectivity index is 2.30. The third-order valence-electron chi connectivity index (χ3n) is 2.46. The van der Waals surface area contributed by atoms with Crippen LogP contribution in [0.2, 0.25) is 0 Å². The topological polar surface area (TPSA) is 60.0 Å². The van der Waals surface area contributed by atoms with Crippen molar-refractivity contribution in [2.75, 3.05) is 11.1 Å². The molecule has 0 saturated carbocycles. The highest BCUT2D eigenvalue weighted by Gasteiger charge is 2.15. The molecule has 4 nitrogen and oxygen atoms in total. The van der Waals surface area contributed by atoms with Gasteiger partial charge in [-0.1, -0.05) is 6.07 Å². The summed E-state index contributed by atoms with van der Waals surface area (Å²) in [4.78, 5) is 11.8. The number of nitrogens with one attached hydrogen (secondary N) is 1. The van der Waals surface area contributed by atoms with Crippen LogP contribution in [0, 0.1) is 11.6 Å². The molecule has 0 spiro atoms. The molecular formula is C12H11F2N3O. The van der Waals surface area contributed by atoms with Crippen LogP contribution in [0.15, 0.2) is 30.5 Å². The van der Waals surface area contributed by atoms with Gasteiger partial charge in [-0.25, -0.2) is 8.78 Å². The van der Waals surface area contributed by atoms with Crippen molar-refractivity contribution in [3.05, 3.63) is 47.8 Å². The molecule has 2 rings (SSSR count). The van der Waals surface area contributed by atoms with Gasteiger partial charge in [-0.3, -0.25) is 4.79 Å². The number of nitrogen functional groups attached to an aromatic ring is 1. The van der Waals surface area contributed by atoms with Crippen molar-refractivity contribution in [2.45, 2.75) is 0 Å². The molecule has 0 radical (unpaired) electrons. The molecule has 2 aromatic rings. The molecule has 1 amide bonds. The zero-order chi connectivity index (χ0) is 13.3. The van der Waals surface area contributed by atoms with Crippen LogP contribution in [0.5, 0.6) is 0 Å². The summed E-state index contributed by atoms with van der Waals surface area (Å²) in [6.45, 7) is 0. The molecule has 1 aromatic carbocycles. The smallest absolute Gasteiger partial charge is 0.272 e. The van der Waals surface area contributed by atoms with Crippen LogP contribution in [0.1, 0.15) is 10.5 Å². The standard InChI is InChI=1S/C12H11F2N3O/c1-17-6-7(15)5-10(17)12(18)16-11-8(13)3-2-4-9(11)14/h2-6H,15H2,1H3,(H,16,18). The van der Waals surface area contributed by atoms with E-state index in [4.69, 9.17) is 5.73 Å². The van der Waals surface area contributed by atoms with E-state index in [9.17, 15) is 13.6 Å². The van der Waals surface area contributed by atoms with Gasteiger partial charge in [-0.2, -0.15) is 0 Å². The molecule has 94 valence electrons. The molecule has 0 unspecified atom stereocenters. The second-order valence-electron chi connectivity index (χ2n) is 3.82. The lowest BCUT2D eigenvalue weighted by Gasteiger charge is -2.07. The quantitative estimate of drug-likeness (QED) is 0.859. The van der Waals surface area contributed by atoms with Crippen molar-refractivity contribution in [3.8, 4) is 0 Å². The molecule has 0 saturated heterocycles. The Kier molecular flexibility index (Phi) is 3.01. The molecule has 0 aliphatic rings. The number of carbonyl (C=O) groups excluding carboxylic acids is 1. The minimum absolute atomic E-state index is 0.218. The fourth-order valence-electron chi connectivity index (χ4n) is 1.61. The number of halogens is 2. The van der Waals surface area contributed by atoms with E-state index in [0.717, 1.165) is 12.1 Å². The number of benzene rings is 1. The third-order valence-corrected chi connectivity index (χ3v) is 2.46. The summed E-state index contributed by atoms with van der Waals surface area (Å²) in [5.41, 5.74) is 5.67. The molecule has 1 aromatic heterocycles. The Bertz CT molecular complexity index is 587. The molecule has 1 heterocycles. The number of para-hydroxylation sites is 1. The van der Waals surface area contributed by atoms with Crippen molar-refractivity contribution in [1.29, 1.82) is 0 Å². The summed E-state index contributed by atoms with van der Waals surface area (Å²) in [5, 5.41) is 2.18. The Morgan fingerprint density at radius 1 is 1.33 bits per heavy atom. The van der Waals surface area contributed by atoms with Crippen molar-refractivity contribution in [2.24, 2.45) is 7.05 Å². The summed E-state index contributed by atoms with van der Waals surface area (Å²) < 4.78 is 28.2. The number of hydrogen-bond acceptors (Lipinski definition) is 2. The molecule has 0 bridgehead atoms. The zero-order valence-corrected chi connectivity index (χ0v) is 9.58. The molecule has 0 atom stereocenters. The molecule has 0 aliphatic carbocycles. The second kappa shape index (κ2) is 4.48. The Hall–Kier alpha value is -2.37. The van der Waals surface area contributed by atoms with E-state index >= 15 is 0 Å². The molecule has 3 N–H and O–H groups in total. The number of carbonyl (C=O) groups is 1. The van der Waals surface area contributed by atoms with E-state index in [0.29, 0.717) is 5.69 Å². The summed E-state index contributed by atoms with van der Waals surface area (Å²) in [5.74, 6) is -2.28. The van der Waals surface area contributed by atoms with E-state index in [1.165, 1.54) is 22.9 Å². The average Bonchev–Trinajstić information content (AvgIpc) is 2.63. The summed E-state index contributed by atoms with van der Waals surface area (Å²) in [6, 6.07) is 4.78. The molecule has 0 fully saturated rings. The summed E-state index contributed by atoms with van der Waals surface area (Å²) >= 11 is 0. The number of aryl methyl sites for hydroxylation is 1. The molecule has 6 heteroatoms. The number of aromatic nitrogens is 1. The van der Waals surface area contributed by atoms with Gasteiger partial charge in [-0.05, 0) is 18.2 Å². The first-order valence-electron chi connectivity index (χ1n) is 5.16. The Morgan fingerprint density at radius 3 is 2.44 bits per heavy atom. The van der Waals surface area contributed by atoms with E-state index in [2.05, 4.69) is 5.32 Å². The SMILES string of the molecule is Cn1cc(N)cc1C(=O)Nc1c(F)cccc1F. The second-order valence-corrected chi connectivity index (χ2v) is 3.82. The fourth-order valence-corrected chi connectivity index (χ4v) is 1.61. The zero-order valence-electron chi connectivity index (χ0n) is 9.58. The number of nitrogens with zero attached hydrogens (tertiary/aromatic N) is 1. The van der Waals surface area contributed by atoms with Gasteiger partial charge >= 0.3 is 0 Å². The van der Waals surface area contributed by atoms with Crippen LogP contribution in [-0.4, -0.2) is 10.5 Å². The van der Waals surface area contributed by atoms with Crippen LogP contribution in [0.4, 0.5) is 20.2 Å². The van der Waals surface area contributed by atoms with Gasteiger partial charge in [0.25, 0.3) is 5.91 Å². The maximum atomic E-state index is 13.3. The van der Waals surface area contributed by atoms with Crippen molar-refractivity contribution < 1.29 is 13.6 Å². The number of rotatable bonds is 2. The Labute approximate surface area is 102 Å². The minimum Gasteiger partial charge on any atom is -0.397 e. The number of anilines is 2. The maximum absolute atomic E-state index is 13.3. The van der Waals surface area contributed by atoms with Gasteiger partial charge in [0.2, 0.25) is 0 Å². The van der Waals surface area contributed by atoms with Crippen LogP contribution >= 0.6 is 0 Å². The first kappa shape index (κ1) is 12.1. The van der Waals surface area contributed by atoms with Gasteiger partial charge in [0.15, 0.2) is 0 Å². The van der Waals surface area contributed by atoms with Crippen molar-refractivity contribution in [1.82, 2.24) is 4.57 Å². The summed E-state index contributed by atoms with van der Waals surface area (Å²) in [6.07, 6.45) is 1.53. The van der Waals surface area contributed by atoms with E-state index in [-0.39, 0.29) is 5.69 Å². The fraction of sp³-hybridized carbons (Fsp3) is 0.0833. The predicted molar refractivity (Wildman–Crippen MR) is 64.1 cm³/mol. The lowest BCUT2D eigenvalue weighted by atomic mass is 10.2. The van der Waals surface area contributed by atoms with Crippen LogP contribution < -0.4 is 11.1 Å². The summed E-state index contributed by atoms with van der Waals surface area (Å²) in [7, 11) is 1.61. The highest BCUT2D eigenvalue weighted by molar-refractivity contribution is 6.03. The maximum Gasteiger partial charge on any atom is 0.272 e. The molecule has 0 aliphatic heterocycles. The van der Waals surface area contributed by atoms with Crippen LogP contribution in [0.25, 0.3) is 0 Å². The number of nitrogens with two attached hydrogens (primary N) is 1. The first-order valence-corrected chi connectivity index (χ1v) is 5.16. The van der Waals surface area contributed by atoms with Gasteiger partial charge in [0.1, 0.15) is 23.0 Å². The third kappa shape index (κ3) is 2.17.